The summed E-state index contributed by atoms with van der Waals surface area (Å²) < 4.78 is 0. The van der Waals surface area contributed by atoms with Gasteiger partial charge >= 0.3 is 0 Å². The Bertz CT molecular complexity index is 866. The minimum absolute atomic E-state index is 0.250. The van der Waals surface area contributed by atoms with Crippen molar-refractivity contribution in [1.29, 1.82) is 0 Å². The van der Waals surface area contributed by atoms with Gasteiger partial charge in [0.1, 0.15) is 5.84 Å². The fraction of sp³-hybridized carbons (Fsp3) is 0.577. The number of piperazine rings is 1. The Kier molecular flexibility index (Phi) is 10.3. The van der Waals surface area contributed by atoms with Crippen molar-refractivity contribution in [2.24, 2.45) is 21.9 Å². The predicted octanol–water partition coefficient (Wildman–Crippen LogP) is 0.944. The summed E-state index contributed by atoms with van der Waals surface area (Å²) in [5.41, 5.74) is 12.9. The van der Waals surface area contributed by atoms with Crippen LogP contribution in [0.2, 0.25) is 0 Å². The lowest BCUT2D eigenvalue weighted by Gasteiger charge is -2.51. The maximum absolute atomic E-state index is 11.8. The molecule has 1 aliphatic carbocycles. The number of nitrogens with zero attached hydrogens (tertiary/aromatic N) is 4. The Balaban J connectivity index is 0.00000108. The summed E-state index contributed by atoms with van der Waals surface area (Å²) in [6.45, 7) is 7.20. The largest absolute Gasteiger partial charge is 0.372 e. The molecule has 1 saturated carbocycles. The summed E-state index contributed by atoms with van der Waals surface area (Å²) in [6, 6.07) is 8.76. The number of nitrogens with one attached hydrogen (secondary N) is 1. The van der Waals surface area contributed by atoms with Crippen LogP contribution in [0.3, 0.4) is 0 Å². The number of hydrogen-bond donors (Lipinski definition) is 3. The number of piperidine rings is 1. The summed E-state index contributed by atoms with van der Waals surface area (Å²) >= 11 is 0. The summed E-state index contributed by atoms with van der Waals surface area (Å²) in [5, 5.41) is 3.35. The van der Waals surface area contributed by atoms with E-state index in [2.05, 4.69) is 38.0 Å². The normalized spacial score (nSPS) is 20.7. The third kappa shape index (κ3) is 7.62. The van der Waals surface area contributed by atoms with Crippen LogP contribution in [0.25, 0.3) is 0 Å². The molecule has 35 heavy (non-hydrogen) atoms. The molecule has 3 aliphatic rings. The van der Waals surface area contributed by atoms with Crippen molar-refractivity contribution in [1.82, 2.24) is 15.1 Å². The predicted molar refractivity (Wildman–Crippen MR) is 141 cm³/mol. The maximum atomic E-state index is 11.8. The van der Waals surface area contributed by atoms with Gasteiger partial charge in [-0.1, -0.05) is 12.1 Å². The van der Waals surface area contributed by atoms with E-state index in [-0.39, 0.29) is 6.41 Å². The molecular weight excluding hydrogens is 442 g/mol. The summed E-state index contributed by atoms with van der Waals surface area (Å²) in [6.07, 6.45) is 10.9. The first kappa shape index (κ1) is 26.8. The fourth-order valence-corrected chi connectivity index (χ4v) is 5.42. The third-order valence-corrected chi connectivity index (χ3v) is 7.40. The minimum atomic E-state index is 0.250. The second kappa shape index (κ2) is 13.4. The molecule has 0 unspecified atom stereocenters. The molecule has 4 rings (SSSR count). The molecule has 2 saturated heterocycles. The Morgan fingerprint density at radius 3 is 2.49 bits per heavy atom. The van der Waals surface area contributed by atoms with E-state index in [9.17, 15) is 4.79 Å². The lowest BCUT2D eigenvalue weighted by molar-refractivity contribution is -0.107. The fourth-order valence-electron chi connectivity index (χ4n) is 5.42. The summed E-state index contributed by atoms with van der Waals surface area (Å²) in [7, 11) is 1.80. The van der Waals surface area contributed by atoms with Crippen molar-refractivity contribution in [2.75, 3.05) is 57.8 Å². The number of carbonyl (C=O) groups is 2. The van der Waals surface area contributed by atoms with Crippen LogP contribution in [-0.4, -0.2) is 87.4 Å². The van der Waals surface area contributed by atoms with E-state index in [1.807, 2.05) is 24.4 Å². The lowest BCUT2D eigenvalue weighted by Crippen LogP contribution is -2.52. The molecule has 1 aromatic rings. The van der Waals surface area contributed by atoms with Gasteiger partial charge in [-0.15, -0.1) is 0 Å². The van der Waals surface area contributed by atoms with E-state index < -0.39 is 0 Å². The van der Waals surface area contributed by atoms with Crippen molar-refractivity contribution in [3.63, 3.8) is 0 Å². The van der Waals surface area contributed by atoms with E-state index in [1.165, 1.54) is 44.3 Å². The van der Waals surface area contributed by atoms with Gasteiger partial charge in [0.25, 0.3) is 0 Å². The first-order valence-corrected chi connectivity index (χ1v) is 12.6. The van der Waals surface area contributed by atoms with Gasteiger partial charge in [0.15, 0.2) is 0 Å². The first-order valence-electron chi connectivity index (χ1n) is 12.6. The summed E-state index contributed by atoms with van der Waals surface area (Å²) in [5.74, 6) is 0.907. The topological polar surface area (TPSA) is 120 Å². The van der Waals surface area contributed by atoms with Crippen molar-refractivity contribution in [2.45, 2.75) is 38.1 Å². The van der Waals surface area contributed by atoms with Gasteiger partial charge in [-0.2, -0.15) is 0 Å². The molecule has 2 aliphatic heterocycles. The number of benzene rings is 1. The molecule has 9 heteroatoms. The molecule has 3 fully saturated rings. The van der Waals surface area contributed by atoms with Crippen LogP contribution in [-0.2, 0) is 16.0 Å². The molecule has 192 valence electrons. The van der Waals surface area contributed by atoms with Crippen LogP contribution in [0, 0.1) is 5.41 Å². The molecule has 5 N–H and O–H groups in total. The van der Waals surface area contributed by atoms with Crippen LogP contribution in [0.4, 0.5) is 5.69 Å². The highest BCUT2D eigenvalue weighted by Gasteiger charge is 2.43. The van der Waals surface area contributed by atoms with Gasteiger partial charge in [-0.05, 0) is 74.4 Å². The number of nitrogens with two attached hydrogens (primary N) is 2. The van der Waals surface area contributed by atoms with Gasteiger partial charge < -0.3 is 26.6 Å². The molecule has 0 radical (unpaired) electrons. The number of amidine groups is 1. The van der Waals surface area contributed by atoms with Crippen molar-refractivity contribution >= 4 is 24.3 Å². The molecule has 1 aromatic carbocycles. The van der Waals surface area contributed by atoms with Gasteiger partial charge in [0.2, 0.25) is 12.8 Å². The number of hydrogen-bond acceptors (Lipinski definition) is 6. The molecule has 1 spiro atoms. The van der Waals surface area contributed by atoms with Crippen LogP contribution in [0.1, 0.15) is 31.2 Å². The highest BCUT2D eigenvalue weighted by Crippen LogP contribution is 2.48. The SMILES string of the molecule is CN=C(/C=C\N(C=O)c1cccc(CCN2CCC3(CC2)CC(N)C3)c1)N1CCNCC1.NC=O. The number of anilines is 1. The monoisotopic (exact) mass is 483 g/mol. The molecule has 0 bridgehead atoms. The highest BCUT2D eigenvalue weighted by molar-refractivity contribution is 5.94. The smallest absolute Gasteiger partial charge is 0.218 e. The second-order valence-electron chi connectivity index (χ2n) is 9.71. The van der Waals surface area contributed by atoms with Gasteiger partial charge in [-0.25, -0.2) is 0 Å². The Hall–Kier alpha value is -2.75. The Morgan fingerprint density at radius 2 is 1.89 bits per heavy atom. The molecule has 0 atom stereocenters. The van der Waals surface area contributed by atoms with E-state index in [4.69, 9.17) is 10.5 Å². The van der Waals surface area contributed by atoms with Gasteiger partial charge in [0.05, 0.1) is 0 Å². The lowest BCUT2D eigenvalue weighted by atomic mass is 9.61. The Morgan fingerprint density at radius 1 is 1.20 bits per heavy atom. The number of likely N-dealkylation sites (tertiary alicyclic amines) is 1. The molecule has 2 amide bonds. The quantitative estimate of drug-likeness (QED) is 0.302. The molecule has 9 nitrogen and oxygen atoms in total. The standard InChI is InChI=1S/C25H38N6O.CH3NO/c1-27-24(30-15-9-28-10-16-30)6-12-31(20-32)23-4-2-3-21(17-23)5-11-29-13-7-25(8-14-29)18-22(26)19-25;2-1-3/h2-4,6,12,17,20,22,28H,5,7-11,13-16,18-19,26H2,1H3;1H,(H2,2,3)/b12-6-,27-24?;. The third-order valence-electron chi connectivity index (χ3n) is 7.40. The molecule has 2 heterocycles. The van der Waals surface area contributed by atoms with Gasteiger partial charge in [0, 0.05) is 57.7 Å². The number of primary amides is 1. The van der Waals surface area contributed by atoms with E-state index in [1.54, 1.807) is 11.9 Å². The second-order valence-corrected chi connectivity index (χ2v) is 9.71. The zero-order chi connectivity index (χ0) is 25.1. The average Bonchev–Trinajstić information content (AvgIpc) is 2.87. The van der Waals surface area contributed by atoms with Crippen LogP contribution in [0.5, 0.6) is 0 Å². The number of rotatable bonds is 7. The first-order chi connectivity index (χ1) is 17.0. The van der Waals surface area contributed by atoms with Gasteiger partial charge in [-0.3, -0.25) is 19.5 Å². The minimum Gasteiger partial charge on any atom is -0.372 e. The Labute approximate surface area is 209 Å². The molecule has 0 aromatic heterocycles. The zero-order valence-electron chi connectivity index (χ0n) is 20.9. The van der Waals surface area contributed by atoms with E-state index in [0.717, 1.165) is 57.1 Å². The zero-order valence-corrected chi connectivity index (χ0v) is 20.9. The van der Waals surface area contributed by atoms with Crippen molar-refractivity contribution < 1.29 is 9.59 Å². The van der Waals surface area contributed by atoms with Crippen LogP contribution >= 0.6 is 0 Å². The van der Waals surface area contributed by atoms with E-state index >= 15 is 0 Å². The average molecular weight is 484 g/mol. The highest BCUT2D eigenvalue weighted by atomic mass is 16.1. The van der Waals surface area contributed by atoms with Crippen molar-refractivity contribution in [3.8, 4) is 0 Å². The van der Waals surface area contributed by atoms with Crippen LogP contribution in [0.15, 0.2) is 41.5 Å². The molecular formula is C26H41N7O2. The number of aliphatic imine (C=N–C) groups is 1. The van der Waals surface area contributed by atoms with Crippen molar-refractivity contribution in [3.05, 3.63) is 42.1 Å². The number of amides is 2. The summed E-state index contributed by atoms with van der Waals surface area (Å²) in [4.78, 5) is 31.3. The van der Waals surface area contributed by atoms with E-state index in [0.29, 0.717) is 11.5 Å². The maximum Gasteiger partial charge on any atom is 0.218 e. The number of carbonyl (C=O) groups excluding carboxylic acids is 2. The van der Waals surface area contributed by atoms with Crippen LogP contribution < -0.4 is 21.7 Å².